The number of quaternary nitrogens is 1. The van der Waals surface area contributed by atoms with Crippen molar-refractivity contribution in [2.75, 3.05) is 19.8 Å². The largest absolute Gasteiger partial charge is 0.329 e. The number of nitrogens with one attached hydrogen (secondary N) is 2. The van der Waals surface area contributed by atoms with Crippen LogP contribution in [-0.4, -0.2) is 36.6 Å². The fourth-order valence-corrected chi connectivity index (χ4v) is 3.77. The van der Waals surface area contributed by atoms with Crippen molar-refractivity contribution >= 4 is 35.1 Å². The number of imide groups is 1. The summed E-state index contributed by atoms with van der Waals surface area (Å²) in [5.74, 6) is -0.263. The molecule has 2 saturated heterocycles. The molecule has 1 atom stereocenters. The van der Waals surface area contributed by atoms with Gasteiger partial charge in [-0.1, -0.05) is 29.3 Å². The van der Waals surface area contributed by atoms with Crippen molar-refractivity contribution in [2.45, 2.75) is 25.3 Å². The van der Waals surface area contributed by atoms with Gasteiger partial charge >= 0.3 is 6.03 Å². The maximum atomic E-state index is 12.8. The number of halogens is 2. The number of rotatable bonds is 3. The fraction of sp³-hybridized carbons (Fsp3) is 0.467. The van der Waals surface area contributed by atoms with Gasteiger partial charge in [-0.3, -0.25) is 4.79 Å². The minimum atomic E-state index is -1.14. The van der Waals surface area contributed by atoms with E-state index in [4.69, 9.17) is 23.2 Å². The number of carbonyl (C=O) groups is 2. The molecule has 0 spiro atoms. The van der Waals surface area contributed by atoms with E-state index in [1.807, 2.05) is 0 Å². The van der Waals surface area contributed by atoms with E-state index in [2.05, 4.69) is 5.32 Å². The molecular weight excluding hydrogens is 325 g/mol. The lowest BCUT2D eigenvalue weighted by molar-refractivity contribution is -0.894. The van der Waals surface area contributed by atoms with Crippen LogP contribution in [0.1, 0.15) is 25.3 Å². The molecule has 0 aliphatic carbocycles. The molecule has 2 fully saturated rings. The maximum Gasteiger partial charge on any atom is 0.329 e. The molecule has 5 nitrogen and oxygen atoms in total. The highest BCUT2D eigenvalue weighted by Crippen LogP contribution is 2.34. The van der Waals surface area contributed by atoms with Crippen molar-refractivity contribution in [3.8, 4) is 0 Å². The first-order valence-electron chi connectivity index (χ1n) is 7.35. The van der Waals surface area contributed by atoms with Crippen LogP contribution in [-0.2, 0) is 10.3 Å². The Kier molecular flexibility index (Phi) is 4.05. The Hall–Kier alpha value is -1.30. The van der Waals surface area contributed by atoms with Gasteiger partial charge in [-0.05, 0) is 19.1 Å². The molecule has 2 N–H and O–H groups in total. The van der Waals surface area contributed by atoms with E-state index in [9.17, 15) is 9.59 Å². The van der Waals surface area contributed by atoms with Crippen LogP contribution in [0.3, 0.4) is 0 Å². The second-order valence-electron chi connectivity index (χ2n) is 6.03. The minimum absolute atomic E-state index is 0.263. The van der Waals surface area contributed by atoms with Gasteiger partial charge in [-0.15, -0.1) is 0 Å². The SMILES string of the molecule is C[C@@]1(c2ccc(Cl)cc2Cl)NC(=O)N(C[NH+]2CCCC2)C1=O. The lowest BCUT2D eigenvalue weighted by Gasteiger charge is -2.24. The van der Waals surface area contributed by atoms with E-state index in [1.165, 1.54) is 9.80 Å². The topological polar surface area (TPSA) is 53.9 Å². The first-order valence-corrected chi connectivity index (χ1v) is 8.10. The predicted molar refractivity (Wildman–Crippen MR) is 84.0 cm³/mol. The molecule has 22 heavy (non-hydrogen) atoms. The maximum absolute atomic E-state index is 12.8. The summed E-state index contributed by atoms with van der Waals surface area (Å²) in [6, 6.07) is 4.58. The predicted octanol–water partition coefficient (Wildman–Crippen LogP) is 1.40. The van der Waals surface area contributed by atoms with E-state index < -0.39 is 5.54 Å². The van der Waals surface area contributed by atoms with Crippen LogP contribution < -0.4 is 10.2 Å². The molecule has 3 amide bonds. The average molecular weight is 343 g/mol. The Labute approximate surface area is 139 Å². The van der Waals surface area contributed by atoms with Gasteiger partial charge in [-0.25, -0.2) is 9.69 Å². The fourth-order valence-electron chi connectivity index (χ4n) is 3.17. The molecule has 0 radical (unpaired) electrons. The standard InChI is InChI=1S/C15H17Cl2N3O2/c1-15(11-5-4-10(16)8-12(11)17)13(21)20(14(22)18-15)9-19-6-2-3-7-19/h4-5,8H,2-3,6-7,9H2,1H3,(H,18,22)/p+1/t15-/m0/s1. The summed E-state index contributed by atoms with van der Waals surface area (Å²) in [5, 5.41) is 3.64. The number of carbonyl (C=O) groups excluding carboxylic acids is 2. The van der Waals surface area contributed by atoms with Gasteiger partial charge in [0.1, 0.15) is 5.54 Å². The van der Waals surface area contributed by atoms with Gasteiger partial charge < -0.3 is 10.2 Å². The molecule has 0 aromatic heterocycles. The van der Waals surface area contributed by atoms with E-state index in [-0.39, 0.29) is 11.9 Å². The molecule has 2 heterocycles. The van der Waals surface area contributed by atoms with Crippen LogP contribution in [0.4, 0.5) is 4.79 Å². The monoisotopic (exact) mass is 342 g/mol. The first kappa shape index (κ1) is 15.6. The van der Waals surface area contributed by atoms with Crippen LogP contribution in [0.5, 0.6) is 0 Å². The van der Waals surface area contributed by atoms with Crippen molar-refractivity contribution in [3.05, 3.63) is 33.8 Å². The lowest BCUT2D eigenvalue weighted by atomic mass is 9.92. The molecule has 0 bridgehead atoms. The smallest absolute Gasteiger partial charge is 0.319 e. The van der Waals surface area contributed by atoms with Crippen molar-refractivity contribution in [1.82, 2.24) is 10.2 Å². The van der Waals surface area contributed by atoms with Crippen molar-refractivity contribution < 1.29 is 14.5 Å². The molecule has 2 aliphatic heterocycles. The van der Waals surface area contributed by atoms with Gasteiger partial charge in [0.2, 0.25) is 0 Å². The summed E-state index contributed by atoms with van der Waals surface area (Å²) < 4.78 is 0. The molecule has 0 unspecified atom stereocenters. The molecule has 2 aliphatic rings. The molecular formula is C15H18Cl2N3O2+. The quantitative estimate of drug-likeness (QED) is 0.815. The highest BCUT2D eigenvalue weighted by Gasteiger charge is 2.51. The minimum Gasteiger partial charge on any atom is -0.319 e. The zero-order valence-electron chi connectivity index (χ0n) is 12.3. The van der Waals surface area contributed by atoms with Gasteiger partial charge in [0.25, 0.3) is 5.91 Å². The van der Waals surface area contributed by atoms with Crippen LogP contribution >= 0.6 is 23.2 Å². The molecule has 0 saturated carbocycles. The number of hydrogen-bond acceptors (Lipinski definition) is 2. The summed E-state index contributed by atoms with van der Waals surface area (Å²) in [6.07, 6.45) is 2.28. The second-order valence-corrected chi connectivity index (χ2v) is 6.87. The van der Waals surface area contributed by atoms with Crippen LogP contribution in [0.15, 0.2) is 18.2 Å². The average Bonchev–Trinajstić information content (AvgIpc) is 3.02. The Morgan fingerprint density at radius 3 is 2.59 bits per heavy atom. The Bertz CT molecular complexity index is 631. The summed E-state index contributed by atoms with van der Waals surface area (Å²) in [5.41, 5.74) is -0.575. The van der Waals surface area contributed by atoms with E-state index >= 15 is 0 Å². The normalized spacial score (nSPS) is 25.9. The second kappa shape index (κ2) is 5.72. The Morgan fingerprint density at radius 1 is 1.27 bits per heavy atom. The van der Waals surface area contributed by atoms with Gasteiger partial charge in [-0.2, -0.15) is 0 Å². The first-order chi connectivity index (χ1) is 10.4. The number of amides is 3. The van der Waals surface area contributed by atoms with E-state index in [0.29, 0.717) is 22.3 Å². The van der Waals surface area contributed by atoms with E-state index in [1.54, 1.807) is 25.1 Å². The third-order valence-electron chi connectivity index (χ3n) is 4.44. The summed E-state index contributed by atoms with van der Waals surface area (Å²) >= 11 is 12.1. The summed E-state index contributed by atoms with van der Waals surface area (Å²) in [7, 11) is 0. The highest BCUT2D eigenvalue weighted by atomic mass is 35.5. The van der Waals surface area contributed by atoms with Gasteiger partial charge in [0.15, 0.2) is 6.67 Å². The van der Waals surface area contributed by atoms with Crippen LogP contribution in [0.25, 0.3) is 0 Å². The number of benzene rings is 1. The zero-order chi connectivity index (χ0) is 15.9. The van der Waals surface area contributed by atoms with Gasteiger partial charge in [0.05, 0.1) is 13.1 Å². The molecule has 1 aromatic rings. The van der Waals surface area contributed by atoms with Crippen LogP contribution in [0.2, 0.25) is 10.0 Å². The van der Waals surface area contributed by atoms with E-state index in [0.717, 1.165) is 25.9 Å². The molecule has 1 aromatic carbocycles. The van der Waals surface area contributed by atoms with Crippen LogP contribution in [0, 0.1) is 0 Å². The molecule has 118 valence electrons. The van der Waals surface area contributed by atoms with Crippen molar-refractivity contribution in [3.63, 3.8) is 0 Å². The van der Waals surface area contributed by atoms with Crippen molar-refractivity contribution in [2.24, 2.45) is 0 Å². The number of hydrogen-bond donors (Lipinski definition) is 2. The highest BCUT2D eigenvalue weighted by molar-refractivity contribution is 6.35. The Morgan fingerprint density at radius 2 is 1.95 bits per heavy atom. The van der Waals surface area contributed by atoms with Crippen molar-refractivity contribution in [1.29, 1.82) is 0 Å². The third-order valence-corrected chi connectivity index (χ3v) is 4.98. The lowest BCUT2D eigenvalue weighted by Crippen LogP contribution is -3.11. The number of nitrogens with zero attached hydrogens (tertiary/aromatic N) is 1. The number of urea groups is 1. The molecule has 3 rings (SSSR count). The zero-order valence-corrected chi connectivity index (χ0v) is 13.8. The Balaban J connectivity index is 1.88. The van der Waals surface area contributed by atoms with Gasteiger partial charge in [0, 0.05) is 28.5 Å². The summed E-state index contributed by atoms with van der Waals surface area (Å²) in [4.78, 5) is 27.6. The summed E-state index contributed by atoms with van der Waals surface area (Å²) in [6.45, 7) is 4.08. The number of likely N-dealkylation sites (tertiary alicyclic amines) is 1. The third kappa shape index (κ3) is 2.57. The molecule has 7 heteroatoms.